The maximum absolute atomic E-state index is 5.18. The molecule has 2 aromatic rings. The first-order valence-corrected chi connectivity index (χ1v) is 7.27. The maximum atomic E-state index is 5.18. The van der Waals surface area contributed by atoms with Gasteiger partial charge in [0.1, 0.15) is 0 Å². The molecule has 0 N–H and O–H groups in total. The van der Waals surface area contributed by atoms with Crippen molar-refractivity contribution >= 4 is 18.5 Å². The number of benzene rings is 2. The van der Waals surface area contributed by atoms with Crippen molar-refractivity contribution in [3.63, 3.8) is 0 Å². The first kappa shape index (κ1) is 12.9. The van der Waals surface area contributed by atoms with Gasteiger partial charge in [-0.2, -0.15) is 0 Å². The fraction of sp³-hybridized carbons (Fsp3) is 0.125. The van der Waals surface area contributed by atoms with Crippen LogP contribution in [0.4, 0.5) is 0 Å². The molecule has 0 spiro atoms. The SMILES string of the molecule is CO/C=C(/C)P(c1ccccc1)c1ccccc1. The standard InChI is InChI=1S/C16H17OP/c1-14(13-17-2)18(15-9-5-3-6-10-15)16-11-7-4-8-12-16/h3-13H,1-2H3/b14-13-. The lowest BCUT2D eigenvalue weighted by Crippen LogP contribution is -2.11. The molecule has 0 heterocycles. The van der Waals surface area contributed by atoms with Crippen molar-refractivity contribution < 1.29 is 4.74 Å². The van der Waals surface area contributed by atoms with Crippen molar-refractivity contribution in [2.24, 2.45) is 0 Å². The van der Waals surface area contributed by atoms with Crippen molar-refractivity contribution in [3.05, 3.63) is 72.2 Å². The minimum Gasteiger partial charge on any atom is -0.504 e. The number of allylic oxidation sites excluding steroid dienone is 1. The van der Waals surface area contributed by atoms with Gasteiger partial charge in [0.15, 0.2) is 0 Å². The van der Waals surface area contributed by atoms with Crippen LogP contribution >= 0.6 is 7.92 Å². The molecule has 0 radical (unpaired) electrons. The molecule has 92 valence electrons. The largest absolute Gasteiger partial charge is 0.504 e. The monoisotopic (exact) mass is 256 g/mol. The molecule has 1 nitrogen and oxygen atoms in total. The van der Waals surface area contributed by atoms with Gasteiger partial charge in [-0.1, -0.05) is 60.7 Å². The van der Waals surface area contributed by atoms with Crippen LogP contribution in [0.25, 0.3) is 0 Å². The summed E-state index contributed by atoms with van der Waals surface area (Å²) in [7, 11) is 1.22. The molecule has 0 unspecified atom stereocenters. The smallest absolute Gasteiger partial charge is 0.0864 e. The van der Waals surface area contributed by atoms with Gasteiger partial charge >= 0.3 is 0 Å². The van der Waals surface area contributed by atoms with Crippen molar-refractivity contribution in [2.75, 3.05) is 7.11 Å². The van der Waals surface area contributed by atoms with E-state index in [1.165, 1.54) is 15.9 Å². The molecular weight excluding hydrogens is 239 g/mol. The van der Waals surface area contributed by atoms with Gasteiger partial charge in [0.25, 0.3) is 0 Å². The second kappa shape index (κ2) is 6.37. The molecule has 2 aromatic carbocycles. The molecule has 0 amide bonds. The molecule has 0 saturated heterocycles. The molecular formula is C16H17OP. The van der Waals surface area contributed by atoms with Gasteiger partial charge in [0.2, 0.25) is 0 Å². The number of methoxy groups -OCH3 is 1. The summed E-state index contributed by atoms with van der Waals surface area (Å²) in [5.74, 6) is 0. The topological polar surface area (TPSA) is 9.23 Å². The Hall–Kier alpha value is -1.59. The van der Waals surface area contributed by atoms with Crippen LogP contribution in [0.2, 0.25) is 0 Å². The van der Waals surface area contributed by atoms with Crippen LogP contribution in [0.1, 0.15) is 6.92 Å². The van der Waals surface area contributed by atoms with E-state index in [1.807, 2.05) is 6.26 Å². The minimum atomic E-state index is -0.482. The molecule has 2 heteroatoms. The van der Waals surface area contributed by atoms with E-state index < -0.39 is 7.92 Å². The van der Waals surface area contributed by atoms with E-state index in [-0.39, 0.29) is 0 Å². The Morgan fingerprint density at radius 2 is 1.33 bits per heavy atom. The number of rotatable bonds is 4. The third kappa shape index (κ3) is 3.00. The molecule has 0 saturated carbocycles. The molecule has 0 bridgehead atoms. The highest BCUT2D eigenvalue weighted by molar-refractivity contribution is 7.76. The van der Waals surface area contributed by atoms with Gasteiger partial charge in [-0.25, -0.2) is 0 Å². The Morgan fingerprint density at radius 1 is 0.889 bits per heavy atom. The van der Waals surface area contributed by atoms with Gasteiger partial charge in [-0.15, -0.1) is 0 Å². The molecule has 0 aliphatic carbocycles. The molecule has 0 aliphatic heterocycles. The van der Waals surface area contributed by atoms with E-state index in [4.69, 9.17) is 4.74 Å². The lowest BCUT2D eigenvalue weighted by Gasteiger charge is -2.19. The second-order valence-electron chi connectivity index (χ2n) is 4.00. The summed E-state index contributed by atoms with van der Waals surface area (Å²) in [5.41, 5.74) is 0. The summed E-state index contributed by atoms with van der Waals surface area (Å²) < 4.78 is 5.18. The van der Waals surface area contributed by atoms with Crippen molar-refractivity contribution in [1.29, 1.82) is 0 Å². The summed E-state index contributed by atoms with van der Waals surface area (Å²) in [6, 6.07) is 21.2. The van der Waals surface area contributed by atoms with E-state index in [9.17, 15) is 0 Å². The van der Waals surface area contributed by atoms with Gasteiger partial charge in [-0.05, 0) is 30.8 Å². The predicted molar refractivity (Wildman–Crippen MR) is 79.8 cm³/mol. The third-order valence-corrected chi connectivity index (χ3v) is 5.11. The maximum Gasteiger partial charge on any atom is 0.0864 e. The van der Waals surface area contributed by atoms with Crippen LogP contribution in [-0.2, 0) is 4.74 Å². The Bertz CT molecular complexity index is 466. The first-order chi connectivity index (χ1) is 8.83. The zero-order valence-electron chi connectivity index (χ0n) is 10.7. The summed E-state index contributed by atoms with van der Waals surface area (Å²) >= 11 is 0. The normalized spacial score (nSPS) is 11.6. The molecule has 18 heavy (non-hydrogen) atoms. The lowest BCUT2D eigenvalue weighted by molar-refractivity contribution is 0.336. The summed E-state index contributed by atoms with van der Waals surface area (Å²) in [5, 5.41) is 3.97. The zero-order valence-corrected chi connectivity index (χ0v) is 11.6. The zero-order chi connectivity index (χ0) is 12.8. The Kier molecular flexibility index (Phi) is 4.55. The molecule has 0 aliphatic rings. The van der Waals surface area contributed by atoms with E-state index >= 15 is 0 Å². The van der Waals surface area contributed by atoms with Gasteiger partial charge in [0, 0.05) is 0 Å². The number of ether oxygens (including phenoxy) is 1. The van der Waals surface area contributed by atoms with Gasteiger partial charge < -0.3 is 4.74 Å². The highest BCUT2D eigenvalue weighted by Crippen LogP contribution is 2.42. The summed E-state index contributed by atoms with van der Waals surface area (Å²) in [6.07, 6.45) is 1.85. The Balaban J connectivity index is 2.45. The average Bonchev–Trinajstić information content (AvgIpc) is 2.42. The predicted octanol–water partition coefficient (Wildman–Crippen LogP) is 3.63. The van der Waals surface area contributed by atoms with E-state index in [1.54, 1.807) is 7.11 Å². The molecule has 2 rings (SSSR count). The average molecular weight is 256 g/mol. The molecule has 0 atom stereocenters. The highest BCUT2D eigenvalue weighted by Gasteiger charge is 2.15. The molecule has 0 fully saturated rings. The summed E-state index contributed by atoms with van der Waals surface area (Å²) in [4.78, 5) is 0. The highest BCUT2D eigenvalue weighted by atomic mass is 31.1. The van der Waals surface area contributed by atoms with Crippen LogP contribution in [0.5, 0.6) is 0 Å². The third-order valence-electron chi connectivity index (χ3n) is 2.67. The van der Waals surface area contributed by atoms with Crippen LogP contribution < -0.4 is 10.6 Å². The Morgan fingerprint density at radius 3 is 1.72 bits per heavy atom. The van der Waals surface area contributed by atoms with E-state index in [0.29, 0.717) is 0 Å². The van der Waals surface area contributed by atoms with Crippen molar-refractivity contribution in [3.8, 4) is 0 Å². The number of hydrogen-bond donors (Lipinski definition) is 0. The van der Waals surface area contributed by atoms with Crippen molar-refractivity contribution in [2.45, 2.75) is 6.92 Å². The van der Waals surface area contributed by atoms with Crippen LogP contribution in [0.15, 0.2) is 72.2 Å². The second-order valence-corrected chi connectivity index (χ2v) is 6.41. The quantitative estimate of drug-likeness (QED) is 0.599. The first-order valence-electron chi connectivity index (χ1n) is 5.92. The van der Waals surface area contributed by atoms with Gasteiger partial charge in [0.05, 0.1) is 13.4 Å². The number of hydrogen-bond acceptors (Lipinski definition) is 1. The van der Waals surface area contributed by atoms with Crippen LogP contribution in [-0.4, -0.2) is 7.11 Å². The van der Waals surface area contributed by atoms with Crippen LogP contribution in [0, 0.1) is 0 Å². The Labute approximate surface area is 110 Å². The van der Waals surface area contributed by atoms with E-state index in [2.05, 4.69) is 67.6 Å². The lowest BCUT2D eigenvalue weighted by atomic mass is 10.4. The fourth-order valence-corrected chi connectivity index (χ4v) is 4.20. The fourth-order valence-electron chi connectivity index (χ4n) is 1.93. The molecule has 0 aromatic heterocycles. The van der Waals surface area contributed by atoms with Gasteiger partial charge in [-0.3, -0.25) is 0 Å². The summed E-state index contributed by atoms with van der Waals surface area (Å²) in [6.45, 7) is 2.13. The van der Waals surface area contributed by atoms with Crippen LogP contribution in [0.3, 0.4) is 0 Å². The minimum absolute atomic E-state index is 0.482. The van der Waals surface area contributed by atoms with Crippen molar-refractivity contribution in [1.82, 2.24) is 0 Å². The van der Waals surface area contributed by atoms with E-state index in [0.717, 1.165) is 0 Å².